The van der Waals surface area contributed by atoms with Gasteiger partial charge in [0.25, 0.3) is 5.91 Å². The molecule has 0 aliphatic rings. The van der Waals surface area contributed by atoms with Crippen LogP contribution in [0.15, 0.2) is 24.3 Å². The van der Waals surface area contributed by atoms with Gasteiger partial charge in [-0.25, -0.2) is 9.97 Å². The van der Waals surface area contributed by atoms with Crippen molar-refractivity contribution < 1.29 is 4.79 Å². The molecule has 0 atom stereocenters. The molecule has 0 radical (unpaired) electrons. The summed E-state index contributed by atoms with van der Waals surface area (Å²) in [5, 5.41) is 6.36. The van der Waals surface area contributed by atoms with Gasteiger partial charge in [-0.3, -0.25) is 4.79 Å². The van der Waals surface area contributed by atoms with Crippen LogP contribution in [0.3, 0.4) is 0 Å². The summed E-state index contributed by atoms with van der Waals surface area (Å²) in [5.74, 6) is 0.870. The average Bonchev–Trinajstić information content (AvgIpc) is 2.52. The molecule has 0 fully saturated rings. The molecule has 2 rings (SSSR count). The molecule has 0 unspecified atom stereocenters. The topological polar surface area (TPSA) is 66.9 Å². The number of nitrogens with one attached hydrogen (secondary N) is 2. The van der Waals surface area contributed by atoms with Gasteiger partial charge in [-0.15, -0.1) is 0 Å². The van der Waals surface area contributed by atoms with Crippen LogP contribution in [0.5, 0.6) is 0 Å². The second-order valence-corrected chi connectivity index (χ2v) is 8.67. The van der Waals surface area contributed by atoms with Gasteiger partial charge < -0.3 is 10.6 Å². The molecule has 1 aromatic heterocycles. The summed E-state index contributed by atoms with van der Waals surface area (Å²) >= 11 is 0. The molecule has 2 N–H and O–H groups in total. The molecular weight excluding hydrogens is 336 g/mol. The first-order valence-electron chi connectivity index (χ1n) is 9.56. The van der Waals surface area contributed by atoms with Crippen LogP contribution in [0.2, 0.25) is 0 Å². The number of anilines is 2. The lowest BCUT2D eigenvalue weighted by Gasteiger charge is -2.22. The molecule has 0 spiro atoms. The largest absolute Gasteiger partial charge is 0.350 e. The van der Waals surface area contributed by atoms with Crippen molar-refractivity contribution in [1.29, 1.82) is 0 Å². The second kappa shape index (κ2) is 8.07. The number of aryl methyl sites for hydroxylation is 1. The number of carbonyl (C=O) groups is 1. The van der Waals surface area contributed by atoms with Crippen LogP contribution >= 0.6 is 0 Å². The van der Waals surface area contributed by atoms with Gasteiger partial charge in [0.05, 0.1) is 0 Å². The van der Waals surface area contributed by atoms with E-state index in [0.29, 0.717) is 23.5 Å². The Morgan fingerprint density at radius 3 is 2.04 bits per heavy atom. The van der Waals surface area contributed by atoms with E-state index < -0.39 is 0 Å². The molecule has 0 saturated carbocycles. The molecule has 1 heterocycles. The summed E-state index contributed by atoms with van der Waals surface area (Å²) in [4.78, 5) is 21.8. The Kier molecular flexibility index (Phi) is 6.24. The Morgan fingerprint density at radius 2 is 1.56 bits per heavy atom. The fraction of sp³-hybridized carbons (Fsp3) is 0.500. The van der Waals surface area contributed by atoms with E-state index in [-0.39, 0.29) is 11.4 Å². The molecule has 146 valence electrons. The van der Waals surface area contributed by atoms with Gasteiger partial charge >= 0.3 is 0 Å². The molecule has 0 aliphatic heterocycles. The number of benzene rings is 1. The average molecular weight is 369 g/mol. The van der Waals surface area contributed by atoms with Crippen LogP contribution in [0.25, 0.3) is 0 Å². The summed E-state index contributed by atoms with van der Waals surface area (Å²) in [5.41, 5.74) is 4.10. The van der Waals surface area contributed by atoms with E-state index in [0.717, 1.165) is 22.5 Å². The number of aromatic nitrogens is 2. The highest BCUT2D eigenvalue weighted by Gasteiger charge is 2.19. The lowest BCUT2D eigenvalue weighted by atomic mass is 9.92. The van der Waals surface area contributed by atoms with Crippen molar-refractivity contribution >= 4 is 17.5 Å². The summed E-state index contributed by atoms with van der Waals surface area (Å²) in [6.07, 6.45) is 0. The second-order valence-electron chi connectivity index (χ2n) is 8.67. The summed E-state index contributed by atoms with van der Waals surface area (Å²) in [7, 11) is 0. The highest BCUT2D eigenvalue weighted by atomic mass is 16.1. The fourth-order valence-electron chi connectivity index (χ4n) is 2.95. The van der Waals surface area contributed by atoms with Crippen molar-refractivity contribution in [2.45, 2.75) is 72.8 Å². The molecule has 27 heavy (non-hydrogen) atoms. The molecule has 5 nitrogen and oxygen atoms in total. The van der Waals surface area contributed by atoms with E-state index in [2.05, 4.69) is 66.5 Å². The van der Waals surface area contributed by atoms with Gasteiger partial charge in [0.1, 0.15) is 5.69 Å². The molecule has 0 saturated heterocycles. The molecule has 0 bridgehead atoms. The van der Waals surface area contributed by atoms with Crippen molar-refractivity contribution in [2.75, 3.05) is 10.6 Å². The SMILES string of the molecule is Cc1cc(C(=O)Nc2c(C(C)C)cccc2C(C)C)nc(NC(C)(C)C)n1. The number of nitrogens with zero attached hydrogens (tertiary/aromatic N) is 2. The Balaban J connectivity index is 2.41. The number of rotatable bonds is 5. The molecule has 1 aromatic carbocycles. The zero-order chi connectivity index (χ0) is 20.4. The Morgan fingerprint density at radius 1 is 1.00 bits per heavy atom. The van der Waals surface area contributed by atoms with Crippen molar-refractivity contribution in [3.63, 3.8) is 0 Å². The maximum atomic E-state index is 13.0. The predicted octanol–water partition coefficient (Wildman–Crippen LogP) is 5.49. The number of amides is 1. The van der Waals surface area contributed by atoms with Gasteiger partial charge in [0.2, 0.25) is 5.95 Å². The number of hydrogen-bond donors (Lipinski definition) is 2. The highest BCUT2D eigenvalue weighted by molar-refractivity contribution is 6.04. The smallest absolute Gasteiger partial charge is 0.274 e. The molecule has 1 amide bonds. The minimum Gasteiger partial charge on any atom is -0.350 e. The van der Waals surface area contributed by atoms with E-state index in [1.807, 2.05) is 27.7 Å². The highest BCUT2D eigenvalue weighted by Crippen LogP contribution is 2.32. The van der Waals surface area contributed by atoms with Crippen LogP contribution in [-0.2, 0) is 0 Å². The van der Waals surface area contributed by atoms with Crippen LogP contribution in [0.1, 0.15) is 87.6 Å². The van der Waals surface area contributed by atoms with E-state index in [4.69, 9.17) is 0 Å². The molecule has 0 aliphatic carbocycles. The van der Waals surface area contributed by atoms with Crippen molar-refractivity contribution in [2.24, 2.45) is 0 Å². The van der Waals surface area contributed by atoms with Gasteiger partial charge in [-0.2, -0.15) is 0 Å². The first-order valence-corrected chi connectivity index (χ1v) is 9.56. The summed E-state index contributed by atoms with van der Waals surface area (Å²) < 4.78 is 0. The Bertz CT molecular complexity index is 793. The lowest BCUT2D eigenvalue weighted by Crippen LogP contribution is -2.28. The zero-order valence-electron chi connectivity index (χ0n) is 17.8. The van der Waals surface area contributed by atoms with Gasteiger partial charge in [0.15, 0.2) is 0 Å². The Hall–Kier alpha value is -2.43. The van der Waals surface area contributed by atoms with Crippen molar-refractivity contribution in [3.05, 3.63) is 46.8 Å². The number of carbonyl (C=O) groups excluding carboxylic acids is 1. The van der Waals surface area contributed by atoms with Gasteiger partial charge in [0, 0.05) is 16.9 Å². The van der Waals surface area contributed by atoms with Gasteiger partial charge in [-0.05, 0) is 56.7 Å². The maximum absolute atomic E-state index is 13.0. The molecule has 2 aromatic rings. The molecular formula is C22H32N4O. The fourth-order valence-corrected chi connectivity index (χ4v) is 2.95. The summed E-state index contributed by atoms with van der Waals surface area (Å²) in [6, 6.07) is 7.92. The third kappa shape index (κ3) is 5.52. The first-order chi connectivity index (χ1) is 12.5. The van der Waals surface area contributed by atoms with E-state index in [1.54, 1.807) is 6.07 Å². The minimum atomic E-state index is -0.215. The zero-order valence-corrected chi connectivity index (χ0v) is 17.8. The standard InChI is InChI=1S/C22H32N4O/c1-13(2)16-10-9-11-17(14(3)4)19(16)25-20(27)18-12-15(5)23-21(24-18)26-22(6,7)8/h9-14H,1-8H3,(H,25,27)(H,23,24,26). The lowest BCUT2D eigenvalue weighted by molar-refractivity contribution is 0.102. The van der Waals surface area contributed by atoms with Crippen LogP contribution in [-0.4, -0.2) is 21.4 Å². The van der Waals surface area contributed by atoms with Crippen LogP contribution in [0, 0.1) is 6.92 Å². The first kappa shape index (κ1) is 20.9. The monoisotopic (exact) mass is 368 g/mol. The van der Waals surface area contributed by atoms with E-state index >= 15 is 0 Å². The van der Waals surface area contributed by atoms with Crippen LogP contribution < -0.4 is 10.6 Å². The molecule has 5 heteroatoms. The van der Waals surface area contributed by atoms with E-state index in [9.17, 15) is 4.79 Å². The van der Waals surface area contributed by atoms with Crippen LogP contribution in [0.4, 0.5) is 11.6 Å². The van der Waals surface area contributed by atoms with Crippen molar-refractivity contribution in [3.8, 4) is 0 Å². The quantitative estimate of drug-likeness (QED) is 0.732. The number of hydrogen-bond acceptors (Lipinski definition) is 4. The van der Waals surface area contributed by atoms with Gasteiger partial charge in [-0.1, -0.05) is 45.9 Å². The van der Waals surface area contributed by atoms with Crippen molar-refractivity contribution in [1.82, 2.24) is 9.97 Å². The predicted molar refractivity (Wildman–Crippen MR) is 113 cm³/mol. The van der Waals surface area contributed by atoms with E-state index in [1.165, 1.54) is 0 Å². The maximum Gasteiger partial charge on any atom is 0.274 e. The minimum absolute atomic E-state index is 0.184. The third-order valence-corrected chi connectivity index (χ3v) is 4.19. The number of para-hydroxylation sites is 1. The normalized spacial score (nSPS) is 11.8. The third-order valence-electron chi connectivity index (χ3n) is 4.19. The Labute approximate surface area is 163 Å². The summed E-state index contributed by atoms with van der Waals surface area (Å²) in [6.45, 7) is 16.5.